The monoisotopic (exact) mass is 259 g/mol. The Morgan fingerprint density at radius 2 is 2.21 bits per heavy atom. The van der Waals surface area contributed by atoms with Crippen LogP contribution in [0.2, 0.25) is 0 Å². The molecule has 19 heavy (non-hydrogen) atoms. The van der Waals surface area contributed by atoms with Gasteiger partial charge in [-0.1, -0.05) is 12.1 Å². The van der Waals surface area contributed by atoms with Crippen molar-refractivity contribution in [1.82, 2.24) is 5.32 Å². The van der Waals surface area contributed by atoms with Gasteiger partial charge in [0, 0.05) is 6.54 Å². The number of para-hydroxylation sites is 2. The maximum atomic E-state index is 12.1. The third-order valence-corrected chi connectivity index (χ3v) is 4.09. The van der Waals surface area contributed by atoms with Crippen LogP contribution < -0.4 is 15.5 Å². The Kier molecular flexibility index (Phi) is 3.69. The van der Waals surface area contributed by atoms with Crippen molar-refractivity contribution in [3.8, 4) is 0 Å². The van der Waals surface area contributed by atoms with E-state index in [4.69, 9.17) is 0 Å². The third kappa shape index (κ3) is 2.73. The molecule has 0 aliphatic carbocycles. The average Bonchev–Trinajstić information content (AvgIpc) is 2.47. The smallest absolute Gasteiger partial charge is 0.246 e. The lowest BCUT2D eigenvalue weighted by atomic mass is 9.96. The Morgan fingerprint density at radius 1 is 1.32 bits per heavy atom. The summed E-state index contributed by atoms with van der Waals surface area (Å²) in [4.78, 5) is 14.0. The highest BCUT2D eigenvalue weighted by Crippen LogP contribution is 2.29. The fraction of sp³-hybridized carbons (Fsp3) is 0.533. The van der Waals surface area contributed by atoms with Crippen LogP contribution in [0.15, 0.2) is 24.3 Å². The van der Waals surface area contributed by atoms with Crippen molar-refractivity contribution in [2.75, 3.05) is 36.4 Å². The summed E-state index contributed by atoms with van der Waals surface area (Å²) >= 11 is 0. The van der Waals surface area contributed by atoms with E-state index in [1.165, 1.54) is 12.8 Å². The molecule has 1 atom stereocenters. The highest BCUT2D eigenvalue weighted by atomic mass is 16.2. The molecule has 2 heterocycles. The van der Waals surface area contributed by atoms with Gasteiger partial charge in [-0.05, 0) is 50.4 Å². The zero-order valence-corrected chi connectivity index (χ0v) is 11.2. The molecule has 4 heteroatoms. The number of anilines is 2. The molecule has 1 fully saturated rings. The van der Waals surface area contributed by atoms with Gasteiger partial charge in [-0.25, -0.2) is 0 Å². The summed E-state index contributed by atoms with van der Waals surface area (Å²) in [7, 11) is 0. The van der Waals surface area contributed by atoms with Crippen molar-refractivity contribution < 1.29 is 4.79 Å². The standard InChI is InChI=1S/C15H21N3O/c19-15-11-17-13-5-1-2-6-14(13)18(15)9-7-12-4-3-8-16-10-12/h1-2,5-6,12,16-17H,3-4,7-11H2. The number of amides is 1. The molecule has 3 rings (SSSR count). The van der Waals surface area contributed by atoms with E-state index in [1.54, 1.807) is 0 Å². The largest absolute Gasteiger partial charge is 0.374 e. The Hall–Kier alpha value is -1.55. The molecule has 0 aromatic heterocycles. The number of fused-ring (bicyclic) bond motifs is 1. The van der Waals surface area contributed by atoms with Crippen LogP contribution in [0.4, 0.5) is 11.4 Å². The van der Waals surface area contributed by atoms with Crippen molar-refractivity contribution in [3.63, 3.8) is 0 Å². The molecule has 0 radical (unpaired) electrons. The first-order chi connectivity index (χ1) is 9.34. The average molecular weight is 259 g/mol. The first-order valence-electron chi connectivity index (χ1n) is 7.18. The quantitative estimate of drug-likeness (QED) is 0.870. The topological polar surface area (TPSA) is 44.4 Å². The maximum Gasteiger partial charge on any atom is 0.246 e. The molecule has 1 aromatic rings. The number of nitrogens with zero attached hydrogens (tertiary/aromatic N) is 1. The number of carbonyl (C=O) groups is 1. The molecule has 2 aliphatic heterocycles. The Balaban J connectivity index is 1.67. The minimum absolute atomic E-state index is 0.183. The molecule has 0 spiro atoms. The summed E-state index contributed by atoms with van der Waals surface area (Å²) in [5, 5.41) is 6.61. The molecule has 4 nitrogen and oxygen atoms in total. The second-order valence-electron chi connectivity index (χ2n) is 5.42. The number of rotatable bonds is 3. The summed E-state index contributed by atoms with van der Waals surface area (Å²) in [6.07, 6.45) is 3.64. The van der Waals surface area contributed by atoms with Gasteiger partial charge in [0.15, 0.2) is 0 Å². The van der Waals surface area contributed by atoms with Crippen molar-refractivity contribution in [3.05, 3.63) is 24.3 Å². The van der Waals surface area contributed by atoms with E-state index in [1.807, 2.05) is 29.2 Å². The molecule has 1 unspecified atom stereocenters. The van der Waals surface area contributed by atoms with Crippen LogP contribution in [0.1, 0.15) is 19.3 Å². The van der Waals surface area contributed by atoms with Crippen molar-refractivity contribution in [2.45, 2.75) is 19.3 Å². The van der Waals surface area contributed by atoms with Gasteiger partial charge in [0.1, 0.15) is 0 Å². The molecule has 2 aliphatic rings. The molecule has 1 amide bonds. The van der Waals surface area contributed by atoms with Gasteiger partial charge in [-0.3, -0.25) is 4.79 Å². The summed E-state index contributed by atoms with van der Waals surface area (Å²) in [6, 6.07) is 8.06. The lowest BCUT2D eigenvalue weighted by Gasteiger charge is -2.32. The van der Waals surface area contributed by atoms with Crippen LogP contribution in [0.25, 0.3) is 0 Å². The van der Waals surface area contributed by atoms with Crippen LogP contribution in [-0.2, 0) is 4.79 Å². The van der Waals surface area contributed by atoms with Gasteiger partial charge in [0.25, 0.3) is 0 Å². The predicted molar refractivity (Wildman–Crippen MR) is 77.5 cm³/mol. The number of nitrogens with one attached hydrogen (secondary N) is 2. The number of hydrogen-bond donors (Lipinski definition) is 2. The minimum atomic E-state index is 0.183. The fourth-order valence-corrected chi connectivity index (χ4v) is 2.99. The summed E-state index contributed by atoms with van der Waals surface area (Å²) in [5.74, 6) is 0.895. The number of hydrogen-bond acceptors (Lipinski definition) is 3. The van der Waals surface area contributed by atoms with Crippen molar-refractivity contribution >= 4 is 17.3 Å². The SMILES string of the molecule is O=C1CNc2ccccc2N1CCC1CCCNC1. The van der Waals surface area contributed by atoms with Crippen molar-refractivity contribution in [2.24, 2.45) is 5.92 Å². The number of benzene rings is 1. The van der Waals surface area contributed by atoms with Crippen LogP contribution in [0, 0.1) is 5.92 Å². The fourth-order valence-electron chi connectivity index (χ4n) is 2.99. The van der Waals surface area contributed by atoms with Gasteiger partial charge in [-0.2, -0.15) is 0 Å². The highest BCUT2D eigenvalue weighted by Gasteiger charge is 2.24. The second-order valence-corrected chi connectivity index (χ2v) is 5.42. The van der Waals surface area contributed by atoms with Gasteiger partial charge in [-0.15, -0.1) is 0 Å². The lowest BCUT2D eigenvalue weighted by Crippen LogP contribution is -2.42. The second kappa shape index (κ2) is 5.61. The zero-order chi connectivity index (χ0) is 13.1. The highest BCUT2D eigenvalue weighted by molar-refractivity contribution is 6.02. The summed E-state index contributed by atoms with van der Waals surface area (Å²) in [6.45, 7) is 3.50. The van der Waals surface area contributed by atoms with E-state index in [9.17, 15) is 4.79 Å². The van der Waals surface area contributed by atoms with Gasteiger partial charge >= 0.3 is 0 Å². The predicted octanol–water partition coefficient (Wildman–Crippen LogP) is 1.83. The first-order valence-corrected chi connectivity index (χ1v) is 7.18. The van der Waals surface area contributed by atoms with Gasteiger partial charge in [0.2, 0.25) is 5.91 Å². The molecule has 1 saturated heterocycles. The van der Waals surface area contributed by atoms with E-state index in [0.29, 0.717) is 12.5 Å². The maximum absolute atomic E-state index is 12.1. The number of carbonyl (C=O) groups excluding carboxylic acids is 1. The summed E-state index contributed by atoms with van der Waals surface area (Å²) < 4.78 is 0. The Labute approximate surface area is 114 Å². The molecule has 102 valence electrons. The van der Waals surface area contributed by atoms with E-state index in [-0.39, 0.29) is 5.91 Å². The lowest BCUT2D eigenvalue weighted by molar-refractivity contribution is -0.117. The zero-order valence-electron chi connectivity index (χ0n) is 11.2. The normalized spacial score (nSPS) is 22.8. The minimum Gasteiger partial charge on any atom is -0.374 e. The van der Waals surface area contributed by atoms with Crippen LogP contribution in [0.3, 0.4) is 0 Å². The summed E-state index contributed by atoms with van der Waals surface area (Å²) in [5.41, 5.74) is 2.10. The Morgan fingerprint density at radius 3 is 3.05 bits per heavy atom. The molecule has 1 aromatic carbocycles. The third-order valence-electron chi connectivity index (χ3n) is 4.09. The molecule has 0 bridgehead atoms. The van der Waals surface area contributed by atoms with Crippen LogP contribution >= 0.6 is 0 Å². The van der Waals surface area contributed by atoms with Gasteiger partial charge in [0.05, 0.1) is 17.9 Å². The van der Waals surface area contributed by atoms with E-state index < -0.39 is 0 Å². The first kappa shape index (κ1) is 12.5. The molecular weight excluding hydrogens is 238 g/mol. The molecule has 0 saturated carbocycles. The van der Waals surface area contributed by atoms with Crippen LogP contribution in [-0.4, -0.2) is 32.1 Å². The van der Waals surface area contributed by atoms with E-state index in [2.05, 4.69) is 10.6 Å². The van der Waals surface area contributed by atoms with E-state index >= 15 is 0 Å². The molecule has 2 N–H and O–H groups in total. The Bertz CT molecular complexity index is 454. The van der Waals surface area contributed by atoms with Gasteiger partial charge < -0.3 is 15.5 Å². The molecular formula is C15H21N3O. The van der Waals surface area contributed by atoms with Crippen LogP contribution in [0.5, 0.6) is 0 Å². The van der Waals surface area contributed by atoms with E-state index in [0.717, 1.165) is 37.4 Å². The van der Waals surface area contributed by atoms with Crippen molar-refractivity contribution in [1.29, 1.82) is 0 Å². The number of piperidine rings is 1.